The summed E-state index contributed by atoms with van der Waals surface area (Å²) in [7, 11) is -1.13. The van der Waals surface area contributed by atoms with Crippen LogP contribution in [-0.2, 0) is 25.2 Å². The van der Waals surface area contributed by atoms with Gasteiger partial charge >= 0.3 is 6.09 Å². The van der Waals surface area contributed by atoms with E-state index in [0.29, 0.717) is 42.3 Å². The number of nitriles is 1. The van der Waals surface area contributed by atoms with Crippen LogP contribution in [0.1, 0.15) is 43.4 Å². The van der Waals surface area contributed by atoms with E-state index in [1.54, 1.807) is 35.2 Å². The molecule has 1 unspecified atom stereocenters. The summed E-state index contributed by atoms with van der Waals surface area (Å²) in [5.41, 5.74) is -2.20. The number of methoxy groups -OCH3 is 1. The number of amides is 2. The molecule has 3 aromatic rings. The molecular formula is C36H43Cl2N5O7S. The topological polar surface area (TPSA) is 133 Å². The number of fused-ring (bicyclic) bond motifs is 1. The lowest BCUT2D eigenvalue weighted by Gasteiger charge is -2.42. The van der Waals surface area contributed by atoms with E-state index >= 15 is 4.79 Å². The molecule has 2 amide bonds. The number of hydrogen-bond donors (Lipinski definition) is 0. The number of sulfonamides is 1. The van der Waals surface area contributed by atoms with Gasteiger partial charge in [-0.05, 0) is 83.2 Å². The Balaban J connectivity index is 0.00000292. The molecule has 0 bridgehead atoms. The molecule has 3 aliphatic rings. The van der Waals surface area contributed by atoms with Crippen molar-refractivity contribution in [2.75, 3.05) is 57.7 Å². The number of piperazine rings is 1. The van der Waals surface area contributed by atoms with E-state index < -0.39 is 27.6 Å². The highest BCUT2D eigenvalue weighted by Gasteiger charge is 2.61. The lowest BCUT2D eigenvalue weighted by Crippen LogP contribution is -2.55. The van der Waals surface area contributed by atoms with E-state index in [1.807, 2.05) is 19.9 Å². The van der Waals surface area contributed by atoms with Crippen molar-refractivity contribution >= 4 is 52.5 Å². The Kier molecular flexibility index (Phi) is 12.5. The van der Waals surface area contributed by atoms with Gasteiger partial charge in [-0.2, -0.15) is 9.57 Å². The highest BCUT2D eigenvalue weighted by Crippen LogP contribution is 2.52. The van der Waals surface area contributed by atoms with Crippen LogP contribution in [0.3, 0.4) is 0 Å². The van der Waals surface area contributed by atoms with Crippen LogP contribution in [0, 0.1) is 11.3 Å². The van der Waals surface area contributed by atoms with Gasteiger partial charge in [0.25, 0.3) is 15.9 Å². The number of anilines is 1. The first kappa shape index (κ1) is 39.7. The Morgan fingerprint density at radius 3 is 2.22 bits per heavy atom. The summed E-state index contributed by atoms with van der Waals surface area (Å²) in [5, 5.41) is 9.80. The third-order valence-electron chi connectivity index (χ3n) is 9.46. The van der Waals surface area contributed by atoms with Crippen molar-refractivity contribution in [3.05, 3.63) is 83.4 Å². The molecule has 3 aromatic carbocycles. The van der Waals surface area contributed by atoms with Crippen LogP contribution >= 0.6 is 24.8 Å². The first-order chi connectivity index (χ1) is 23.5. The van der Waals surface area contributed by atoms with Gasteiger partial charge in [0, 0.05) is 37.8 Å². The fraction of sp³-hybridized carbons (Fsp3) is 0.417. The molecule has 0 aliphatic carbocycles. The third kappa shape index (κ3) is 7.34. The summed E-state index contributed by atoms with van der Waals surface area (Å²) in [4.78, 5) is 35.3. The van der Waals surface area contributed by atoms with Crippen LogP contribution in [-0.4, -0.2) is 101 Å². The fourth-order valence-electron chi connectivity index (χ4n) is 6.94. The number of ether oxygens (including phenoxy) is 3. The molecule has 2 fully saturated rings. The smallest absolute Gasteiger partial charge is 0.411 e. The Morgan fingerprint density at radius 1 is 0.922 bits per heavy atom. The second-order valence-electron chi connectivity index (χ2n) is 12.8. The predicted octanol–water partition coefficient (Wildman–Crippen LogP) is 5.03. The number of piperidine rings is 1. The summed E-state index contributed by atoms with van der Waals surface area (Å²) < 4.78 is 47.6. The van der Waals surface area contributed by atoms with Crippen LogP contribution in [0.25, 0.3) is 0 Å². The van der Waals surface area contributed by atoms with Gasteiger partial charge in [-0.25, -0.2) is 13.2 Å². The summed E-state index contributed by atoms with van der Waals surface area (Å²) in [6, 6.07) is 19.2. The number of halogens is 2. The fourth-order valence-corrected chi connectivity index (χ4v) is 8.55. The zero-order valence-electron chi connectivity index (χ0n) is 29.0. The molecule has 0 radical (unpaired) electrons. The Bertz CT molecular complexity index is 1890. The normalized spacial score (nSPS) is 19.8. The van der Waals surface area contributed by atoms with Crippen molar-refractivity contribution in [3.63, 3.8) is 0 Å². The van der Waals surface area contributed by atoms with E-state index in [2.05, 4.69) is 16.8 Å². The molecule has 15 heteroatoms. The van der Waals surface area contributed by atoms with Crippen molar-refractivity contribution in [3.8, 4) is 17.6 Å². The van der Waals surface area contributed by atoms with Crippen molar-refractivity contribution in [2.24, 2.45) is 0 Å². The van der Waals surface area contributed by atoms with Crippen molar-refractivity contribution in [1.29, 1.82) is 5.26 Å². The number of carbonyl (C=O) groups is 2. The monoisotopic (exact) mass is 759 g/mol. The van der Waals surface area contributed by atoms with Crippen molar-refractivity contribution < 1.29 is 32.2 Å². The Morgan fingerprint density at radius 2 is 1.57 bits per heavy atom. The van der Waals surface area contributed by atoms with Crippen LogP contribution < -0.4 is 13.8 Å². The van der Waals surface area contributed by atoms with Crippen LogP contribution in [0.2, 0.25) is 0 Å². The number of carbonyl (C=O) groups excluding carboxylic acids is 2. The lowest BCUT2D eigenvalue weighted by atomic mass is 9.86. The average Bonchev–Trinajstić information content (AvgIpc) is 3.35. The number of benzene rings is 3. The van der Waals surface area contributed by atoms with Crippen molar-refractivity contribution in [2.45, 2.75) is 49.3 Å². The van der Waals surface area contributed by atoms with E-state index in [0.717, 1.165) is 25.9 Å². The van der Waals surface area contributed by atoms with Gasteiger partial charge in [0.05, 0.1) is 30.0 Å². The zero-order chi connectivity index (χ0) is 34.9. The second kappa shape index (κ2) is 16.1. The van der Waals surface area contributed by atoms with Crippen LogP contribution in [0.4, 0.5) is 10.5 Å². The number of hydrogen-bond acceptors (Lipinski definition) is 10. The SMILES string of the molecule is COc1ccc2c(c1)C(OC(=O)N1CCN(C3CCN(C)CC3)CC1)(c1ccccc1OC(C)C)C(=O)N2S(=O)(=O)c1ccccc1C#N.Cl.Cl. The van der Waals surface area contributed by atoms with Crippen molar-refractivity contribution in [1.82, 2.24) is 14.7 Å². The second-order valence-corrected chi connectivity index (χ2v) is 14.6. The van der Waals surface area contributed by atoms with Crippen LogP contribution in [0.5, 0.6) is 11.5 Å². The lowest BCUT2D eigenvalue weighted by molar-refractivity contribution is -0.132. The summed E-state index contributed by atoms with van der Waals surface area (Å²) in [5.74, 6) is -0.476. The number of nitrogens with zero attached hydrogens (tertiary/aromatic N) is 5. The molecule has 274 valence electrons. The molecule has 2 saturated heterocycles. The van der Waals surface area contributed by atoms with Gasteiger partial charge in [0.2, 0.25) is 5.60 Å². The van der Waals surface area contributed by atoms with Gasteiger partial charge in [-0.1, -0.05) is 30.3 Å². The third-order valence-corrected chi connectivity index (χ3v) is 11.2. The molecule has 0 saturated carbocycles. The molecule has 12 nitrogen and oxygen atoms in total. The minimum Gasteiger partial charge on any atom is -0.497 e. The molecule has 6 rings (SSSR count). The van der Waals surface area contributed by atoms with Gasteiger partial charge in [-0.3, -0.25) is 9.69 Å². The molecule has 3 aliphatic heterocycles. The number of rotatable bonds is 8. The summed E-state index contributed by atoms with van der Waals surface area (Å²) in [6.45, 7) is 7.74. The maximum absolute atomic E-state index is 15.1. The summed E-state index contributed by atoms with van der Waals surface area (Å²) >= 11 is 0. The molecule has 3 heterocycles. The molecule has 51 heavy (non-hydrogen) atoms. The maximum atomic E-state index is 15.1. The number of para-hydroxylation sites is 1. The zero-order valence-corrected chi connectivity index (χ0v) is 31.4. The quantitative estimate of drug-likeness (QED) is 0.308. The predicted molar refractivity (Wildman–Crippen MR) is 196 cm³/mol. The molecule has 1 atom stereocenters. The molecule has 0 aromatic heterocycles. The maximum Gasteiger partial charge on any atom is 0.411 e. The summed E-state index contributed by atoms with van der Waals surface area (Å²) in [6.07, 6.45) is 1.03. The highest BCUT2D eigenvalue weighted by atomic mass is 35.5. The van der Waals surface area contributed by atoms with Crippen LogP contribution in [0.15, 0.2) is 71.6 Å². The van der Waals surface area contributed by atoms with E-state index in [4.69, 9.17) is 14.2 Å². The van der Waals surface area contributed by atoms with Gasteiger partial charge < -0.3 is 24.0 Å². The first-order valence-corrected chi connectivity index (χ1v) is 17.9. The van der Waals surface area contributed by atoms with Gasteiger partial charge in [0.15, 0.2) is 0 Å². The van der Waals surface area contributed by atoms with Gasteiger partial charge in [-0.15, -0.1) is 24.8 Å². The molecule has 0 spiro atoms. The Hall–Kier alpha value is -4.06. The van der Waals surface area contributed by atoms with Gasteiger partial charge in [0.1, 0.15) is 22.5 Å². The largest absolute Gasteiger partial charge is 0.497 e. The molecular weight excluding hydrogens is 717 g/mol. The van der Waals surface area contributed by atoms with E-state index in [-0.39, 0.29) is 63.9 Å². The Labute approximate surface area is 311 Å². The average molecular weight is 761 g/mol. The first-order valence-electron chi connectivity index (χ1n) is 16.4. The molecule has 0 N–H and O–H groups in total. The minimum absolute atomic E-state index is 0. The standard InChI is InChI=1S/C36H41N5O7S.2ClH/c1-25(2)47-32-11-7-6-10-29(32)36(48-35(43)40-21-19-39(20-22-40)27-15-17-38(3)18-16-27)30-23-28(46-4)13-14-31(30)41(34(36)42)49(44,45)33-12-8-5-9-26(33)24-37;;/h5-14,23,25,27H,15-22H2,1-4H3;2*1H. The highest BCUT2D eigenvalue weighted by molar-refractivity contribution is 7.93. The minimum atomic E-state index is -4.70. The van der Waals surface area contributed by atoms with E-state index in [9.17, 15) is 18.5 Å². The van der Waals surface area contributed by atoms with E-state index in [1.165, 1.54) is 43.5 Å². The number of likely N-dealkylation sites (tertiary alicyclic amines) is 1.